The predicted molar refractivity (Wildman–Crippen MR) is 209 cm³/mol. The molecule has 0 radical (unpaired) electrons. The van der Waals surface area contributed by atoms with Gasteiger partial charge in [-0.15, -0.1) is 0 Å². The molecule has 3 aromatic carbocycles. The van der Waals surface area contributed by atoms with Crippen molar-refractivity contribution < 1.29 is 29.1 Å². The van der Waals surface area contributed by atoms with E-state index in [0.29, 0.717) is 5.57 Å². The number of carbonyl (C=O) groups excluding carboxylic acids is 2. The molecule has 0 aliphatic carbocycles. The second-order valence-corrected chi connectivity index (χ2v) is 17.2. The zero-order chi connectivity index (χ0) is 38.2. The summed E-state index contributed by atoms with van der Waals surface area (Å²) in [5, 5.41) is 13.7. The number of fused-ring (bicyclic) bond motifs is 4. The molecule has 2 amide bonds. The first kappa shape index (κ1) is 35.3. The number of benzene rings is 3. The van der Waals surface area contributed by atoms with Crippen LogP contribution in [0, 0.1) is 0 Å². The number of nitrogens with zero attached hydrogens (tertiary/aromatic N) is 3. The van der Waals surface area contributed by atoms with Crippen molar-refractivity contribution in [3.05, 3.63) is 95.5 Å². The van der Waals surface area contributed by atoms with Gasteiger partial charge in [-0.05, 0) is 82.4 Å². The smallest absolute Gasteiger partial charge is 0.337 e. The van der Waals surface area contributed by atoms with E-state index in [1.54, 1.807) is 6.07 Å². The number of hydrogen-bond acceptors (Lipinski definition) is 6. The fourth-order valence-corrected chi connectivity index (χ4v) is 10.5. The highest BCUT2D eigenvalue weighted by Gasteiger charge is 2.43. The van der Waals surface area contributed by atoms with Crippen LogP contribution >= 0.6 is 23.2 Å². The third-order valence-corrected chi connectivity index (χ3v) is 12.8. The molecule has 1 N–H and O–H groups in total. The minimum absolute atomic E-state index is 0.0526. The predicted octanol–water partition coefficient (Wildman–Crippen LogP) is 7.21. The third-order valence-electron chi connectivity index (χ3n) is 12.1. The fourth-order valence-electron chi connectivity index (χ4n) is 9.86. The van der Waals surface area contributed by atoms with Crippen LogP contribution < -0.4 is 24.8 Å². The summed E-state index contributed by atoms with van der Waals surface area (Å²) in [5.74, 6) is -0.727. The zero-order valence-corrected chi connectivity index (χ0v) is 32.8. The summed E-state index contributed by atoms with van der Waals surface area (Å²) >= 11 is 14.3. The molecule has 6 aliphatic heterocycles. The SMILES string of the molecule is CC1=CC(C)(C)N2CCCc3c4c(cc1c32)C(c1c(Cl)cc(CON2C(=O)CCC2=O)c(Cl)c1C(=O)O)=c1cc2c3c(c1O4)CCC[N+]=3C(C)(C)C=C2C. The van der Waals surface area contributed by atoms with Gasteiger partial charge >= 0.3 is 5.97 Å². The number of anilines is 1. The molecule has 0 spiro atoms. The van der Waals surface area contributed by atoms with Crippen LogP contribution in [0.25, 0.3) is 16.7 Å². The maximum atomic E-state index is 13.5. The first-order chi connectivity index (χ1) is 25.6. The molecule has 0 bridgehead atoms. The van der Waals surface area contributed by atoms with Gasteiger partial charge in [0, 0.05) is 88.8 Å². The average molecular weight is 768 g/mol. The number of carbonyl (C=O) groups is 3. The van der Waals surface area contributed by atoms with Crippen molar-refractivity contribution in [3.8, 4) is 11.5 Å². The van der Waals surface area contributed by atoms with Crippen LogP contribution in [-0.4, -0.2) is 52.1 Å². The molecule has 0 unspecified atom stereocenters. The summed E-state index contributed by atoms with van der Waals surface area (Å²) in [5.41, 5.74) is 9.19. The van der Waals surface area contributed by atoms with Crippen LogP contribution in [0.5, 0.6) is 11.5 Å². The molecule has 6 aliphatic rings. The monoisotopic (exact) mass is 766 g/mol. The van der Waals surface area contributed by atoms with E-state index < -0.39 is 17.8 Å². The summed E-state index contributed by atoms with van der Waals surface area (Å²) in [6.45, 7) is 14.8. The van der Waals surface area contributed by atoms with Crippen LogP contribution in [0.2, 0.25) is 10.0 Å². The van der Waals surface area contributed by atoms with Crippen LogP contribution in [0.15, 0.2) is 30.4 Å². The minimum Gasteiger partial charge on any atom is -0.478 e. The lowest BCUT2D eigenvalue weighted by molar-refractivity contribution is -0.191. The summed E-state index contributed by atoms with van der Waals surface area (Å²) in [4.78, 5) is 46.1. The van der Waals surface area contributed by atoms with Gasteiger partial charge in [-0.1, -0.05) is 29.3 Å². The van der Waals surface area contributed by atoms with Gasteiger partial charge in [0.2, 0.25) is 5.36 Å². The molecule has 9 nitrogen and oxygen atoms in total. The molecular formula is C43H42Cl2N3O6+. The summed E-state index contributed by atoms with van der Waals surface area (Å²) in [6.07, 6.45) is 8.20. The van der Waals surface area contributed by atoms with E-state index in [1.807, 2.05) is 0 Å². The lowest BCUT2D eigenvalue weighted by Gasteiger charge is -2.47. The lowest BCUT2D eigenvalue weighted by atomic mass is 9.78. The topological polar surface area (TPSA) is 99.4 Å². The first-order valence-electron chi connectivity index (χ1n) is 18.7. The molecule has 6 heterocycles. The van der Waals surface area contributed by atoms with Gasteiger partial charge in [0.25, 0.3) is 11.8 Å². The van der Waals surface area contributed by atoms with E-state index in [2.05, 4.69) is 75.3 Å². The maximum Gasteiger partial charge on any atom is 0.337 e. The standard InChI is InChI=1S/C43H41Cl2N3O6/c1-21-18-42(3,4)46-13-7-9-24-37(46)26(21)16-28-33(34-30(44)15-23(36(45)35(34)41(51)52)20-53-48-31(49)11-12-32(48)50)29-17-27-22(2)19-43(5,6)47-14-8-10-25(38(27)47)40(29)54-39(24)28/h15-19H,7-14,20H2,1-6H3/p+1. The molecule has 1 fully saturated rings. The zero-order valence-electron chi connectivity index (χ0n) is 31.3. The van der Waals surface area contributed by atoms with Crippen LogP contribution in [0.3, 0.4) is 0 Å². The van der Waals surface area contributed by atoms with E-state index >= 15 is 0 Å². The van der Waals surface area contributed by atoms with Crippen LogP contribution in [0.1, 0.15) is 117 Å². The normalized spacial score (nSPS) is 20.1. The van der Waals surface area contributed by atoms with Gasteiger partial charge in [-0.25, -0.2) is 9.37 Å². The largest absolute Gasteiger partial charge is 0.478 e. The summed E-state index contributed by atoms with van der Waals surface area (Å²) in [7, 11) is 0. The molecule has 54 heavy (non-hydrogen) atoms. The second kappa shape index (κ2) is 12.0. The highest BCUT2D eigenvalue weighted by Crippen LogP contribution is 2.53. The van der Waals surface area contributed by atoms with Crippen molar-refractivity contribution in [3.63, 3.8) is 0 Å². The second-order valence-electron chi connectivity index (χ2n) is 16.4. The highest BCUT2D eigenvalue weighted by molar-refractivity contribution is 6.38. The van der Waals surface area contributed by atoms with Crippen molar-refractivity contribution in [1.82, 2.24) is 9.64 Å². The van der Waals surface area contributed by atoms with E-state index in [-0.39, 0.29) is 57.3 Å². The molecule has 3 aromatic rings. The number of hydroxylamine groups is 2. The number of rotatable bonds is 5. The molecule has 0 atom stereocenters. The highest BCUT2D eigenvalue weighted by atomic mass is 35.5. The Balaban J connectivity index is 1.39. The molecule has 0 aromatic heterocycles. The average Bonchev–Trinajstić information content (AvgIpc) is 3.43. The Labute approximate surface area is 323 Å². The van der Waals surface area contributed by atoms with Crippen molar-refractivity contribution in [2.24, 2.45) is 0 Å². The number of halogens is 2. The number of allylic oxidation sites excluding steroid dienone is 2. The molecule has 11 heteroatoms. The summed E-state index contributed by atoms with van der Waals surface area (Å²) in [6, 6.07) is 5.88. The Morgan fingerprint density at radius 2 is 1.61 bits per heavy atom. The van der Waals surface area contributed by atoms with Gasteiger partial charge in [0.05, 0.1) is 27.4 Å². The number of carboxylic acid groups (broad SMARTS) is 1. The Bertz CT molecular complexity index is 2500. The van der Waals surface area contributed by atoms with Gasteiger partial charge in [0.1, 0.15) is 24.7 Å². The van der Waals surface area contributed by atoms with Crippen molar-refractivity contribution in [2.75, 3.05) is 18.0 Å². The van der Waals surface area contributed by atoms with Crippen molar-refractivity contribution in [2.45, 2.75) is 97.8 Å². The number of aromatic carboxylic acids is 1. The Morgan fingerprint density at radius 1 is 0.907 bits per heavy atom. The van der Waals surface area contributed by atoms with E-state index in [1.165, 1.54) is 11.0 Å². The first-order valence-corrected chi connectivity index (χ1v) is 19.5. The lowest BCUT2D eigenvalue weighted by Crippen LogP contribution is -2.53. The number of hydrogen-bond donors (Lipinski definition) is 1. The Morgan fingerprint density at radius 3 is 2.33 bits per heavy atom. The minimum atomic E-state index is -1.26. The van der Waals surface area contributed by atoms with E-state index in [4.69, 9.17) is 32.8 Å². The number of ether oxygens (including phenoxy) is 1. The quantitative estimate of drug-likeness (QED) is 0.169. The Hall–Kier alpha value is -4.44. The number of amides is 2. The van der Waals surface area contributed by atoms with Crippen molar-refractivity contribution in [1.29, 1.82) is 0 Å². The van der Waals surface area contributed by atoms with Gasteiger partial charge < -0.3 is 14.7 Å². The van der Waals surface area contributed by atoms with E-state index in [0.717, 1.165) is 99.5 Å². The van der Waals surface area contributed by atoms with Gasteiger partial charge in [-0.3, -0.25) is 14.4 Å². The number of imide groups is 1. The molecule has 9 rings (SSSR count). The molecular weight excluding hydrogens is 725 g/mol. The van der Waals surface area contributed by atoms with Gasteiger partial charge in [-0.2, -0.15) is 5.06 Å². The van der Waals surface area contributed by atoms with Crippen LogP contribution in [0.4, 0.5) is 5.69 Å². The fraction of sp³-hybridized carbons (Fsp3) is 0.395. The van der Waals surface area contributed by atoms with Crippen LogP contribution in [-0.2, 0) is 33.9 Å². The molecule has 0 saturated carbocycles. The van der Waals surface area contributed by atoms with Gasteiger partial charge in [0.15, 0.2) is 5.54 Å². The third kappa shape index (κ3) is 5.00. The van der Waals surface area contributed by atoms with E-state index in [9.17, 15) is 19.5 Å². The maximum absolute atomic E-state index is 13.5. The summed E-state index contributed by atoms with van der Waals surface area (Å²) < 4.78 is 9.73. The Kier molecular flexibility index (Phi) is 7.86. The molecule has 278 valence electrons. The number of carboxylic acids is 1. The molecule has 1 saturated heterocycles. The van der Waals surface area contributed by atoms with Crippen molar-refractivity contribution >= 4 is 63.4 Å².